The maximum Gasteiger partial charge on any atom is 0.416 e. The Labute approximate surface area is 153 Å². The van der Waals surface area contributed by atoms with Crippen molar-refractivity contribution in [3.8, 4) is 0 Å². The number of hydrogen-bond acceptors (Lipinski definition) is 3. The molecule has 1 heterocycles. The van der Waals surface area contributed by atoms with E-state index in [2.05, 4.69) is 27.4 Å². The number of benzene rings is 1. The lowest BCUT2D eigenvalue weighted by Crippen LogP contribution is -2.53. The van der Waals surface area contributed by atoms with Gasteiger partial charge in [-0.1, -0.05) is 19.4 Å². The van der Waals surface area contributed by atoms with Crippen LogP contribution >= 0.6 is 0 Å². The molecule has 1 saturated heterocycles. The van der Waals surface area contributed by atoms with Crippen molar-refractivity contribution in [3.05, 3.63) is 42.1 Å². The van der Waals surface area contributed by atoms with Crippen LogP contribution in [-0.4, -0.2) is 43.0 Å². The number of nitrogens with one attached hydrogen (secondary N) is 2. The summed E-state index contributed by atoms with van der Waals surface area (Å²) < 4.78 is 38.0. The van der Waals surface area contributed by atoms with Gasteiger partial charge in [0.2, 0.25) is 0 Å². The second-order valence-corrected chi connectivity index (χ2v) is 6.34. The molecule has 7 heteroatoms. The Hall–Kier alpha value is -2.02. The van der Waals surface area contributed by atoms with Crippen molar-refractivity contribution < 1.29 is 13.2 Å². The summed E-state index contributed by atoms with van der Waals surface area (Å²) in [4.78, 5) is 6.77. The van der Waals surface area contributed by atoms with Crippen LogP contribution in [0.25, 0.3) is 0 Å². The Morgan fingerprint density at radius 2 is 2.08 bits per heavy atom. The molecule has 26 heavy (non-hydrogen) atoms. The molecule has 0 bridgehead atoms. The van der Waals surface area contributed by atoms with Gasteiger partial charge in [0.25, 0.3) is 0 Å². The Kier molecular flexibility index (Phi) is 7.50. The minimum Gasteiger partial charge on any atom is -0.378 e. The fourth-order valence-electron chi connectivity index (χ4n) is 2.96. The third-order valence-corrected chi connectivity index (χ3v) is 4.29. The fourth-order valence-corrected chi connectivity index (χ4v) is 2.96. The standard InChI is InChI=1S/C19H27F3N4/c1-3-5-17-14-26(12-11-23-17)18(24-10-4-2)13-25-16-8-6-15(7-9-16)19(20,21)22/h4,6-10,17,23,25H,3,5,11-14H2,1-2H3/b10-4-,24-18?. The van der Waals surface area contributed by atoms with E-state index in [4.69, 9.17) is 0 Å². The first kappa shape index (κ1) is 20.3. The molecule has 1 fully saturated rings. The highest BCUT2D eigenvalue weighted by Gasteiger charge is 2.30. The number of nitrogens with zero attached hydrogens (tertiary/aromatic N) is 2. The van der Waals surface area contributed by atoms with Crippen molar-refractivity contribution in [1.82, 2.24) is 10.2 Å². The molecule has 0 amide bonds. The summed E-state index contributed by atoms with van der Waals surface area (Å²) in [5, 5.41) is 6.70. The number of allylic oxidation sites excluding steroid dienone is 1. The Morgan fingerprint density at radius 1 is 1.35 bits per heavy atom. The topological polar surface area (TPSA) is 39.7 Å². The lowest BCUT2D eigenvalue weighted by Gasteiger charge is -2.36. The Morgan fingerprint density at radius 3 is 2.69 bits per heavy atom. The minimum absolute atomic E-state index is 0.440. The first-order valence-electron chi connectivity index (χ1n) is 9.01. The van der Waals surface area contributed by atoms with E-state index in [0.717, 1.165) is 50.4 Å². The molecule has 0 aliphatic carbocycles. The molecule has 0 saturated carbocycles. The van der Waals surface area contributed by atoms with Crippen molar-refractivity contribution in [1.29, 1.82) is 0 Å². The molecule has 1 aliphatic heterocycles. The van der Waals surface area contributed by atoms with E-state index in [0.29, 0.717) is 18.3 Å². The molecule has 1 atom stereocenters. The fraction of sp³-hybridized carbons (Fsp3) is 0.526. The molecule has 4 nitrogen and oxygen atoms in total. The normalized spacial score (nSPS) is 19.2. The first-order chi connectivity index (χ1) is 12.4. The average Bonchev–Trinajstić information content (AvgIpc) is 2.62. The maximum atomic E-state index is 12.7. The van der Waals surface area contributed by atoms with Gasteiger partial charge < -0.3 is 15.5 Å². The van der Waals surface area contributed by atoms with Crippen molar-refractivity contribution in [2.24, 2.45) is 4.99 Å². The van der Waals surface area contributed by atoms with Gasteiger partial charge in [-0.05, 0) is 37.6 Å². The lowest BCUT2D eigenvalue weighted by molar-refractivity contribution is -0.137. The largest absolute Gasteiger partial charge is 0.416 e. The van der Waals surface area contributed by atoms with Crippen LogP contribution in [0.15, 0.2) is 41.5 Å². The smallest absolute Gasteiger partial charge is 0.378 e. The van der Waals surface area contributed by atoms with Gasteiger partial charge in [0, 0.05) is 37.6 Å². The minimum atomic E-state index is -4.31. The predicted octanol–water partition coefficient (Wildman–Crippen LogP) is 4.12. The summed E-state index contributed by atoms with van der Waals surface area (Å²) in [6.45, 7) is 7.20. The number of piperazine rings is 1. The van der Waals surface area contributed by atoms with Crippen molar-refractivity contribution in [2.45, 2.75) is 38.9 Å². The van der Waals surface area contributed by atoms with Crippen molar-refractivity contribution >= 4 is 11.5 Å². The summed E-state index contributed by atoms with van der Waals surface area (Å²) in [6, 6.07) is 5.53. The molecule has 1 unspecified atom stereocenters. The van der Waals surface area contributed by atoms with Gasteiger partial charge in [-0.15, -0.1) is 0 Å². The van der Waals surface area contributed by atoms with Crippen LogP contribution in [0.5, 0.6) is 0 Å². The highest BCUT2D eigenvalue weighted by molar-refractivity contribution is 5.87. The average molecular weight is 368 g/mol. The van der Waals surface area contributed by atoms with Gasteiger partial charge in [-0.25, -0.2) is 4.99 Å². The molecule has 2 rings (SSSR count). The molecule has 1 aromatic carbocycles. The van der Waals surface area contributed by atoms with E-state index in [9.17, 15) is 13.2 Å². The Bertz CT molecular complexity index is 606. The third kappa shape index (κ3) is 6.05. The summed E-state index contributed by atoms with van der Waals surface area (Å²) in [5.74, 6) is 0.894. The molecule has 0 radical (unpaired) electrons. The van der Waals surface area contributed by atoms with E-state index >= 15 is 0 Å². The van der Waals surface area contributed by atoms with E-state index in [1.807, 2.05) is 13.0 Å². The molecule has 144 valence electrons. The predicted molar refractivity (Wildman–Crippen MR) is 100 cm³/mol. The number of hydrogen-bond donors (Lipinski definition) is 2. The van der Waals surface area contributed by atoms with Crippen LogP contribution in [-0.2, 0) is 6.18 Å². The van der Waals surface area contributed by atoms with Crippen LogP contribution in [0.4, 0.5) is 18.9 Å². The lowest BCUT2D eigenvalue weighted by atomic mass is 10.1. The maximum absolute atomic E-state index is 12.7. The molecule has 0 aromatic heterocycles. The van der Waals surface area contributed by atoms with Gasteiger partial charge in [0.15, 0.2) is 0 Å². The van der Waals surface area contributed by atoms with Crippen molar-refractivity contribution in [3.63, 3.8) is 0 Å². The molecular formula is C19H27F3N4. The van der Waals surface area contributed by atoms with Gasteiger partial charge in [-0.2, -0.15) is 13.2 Å². The van der Waals surface area contributed by atoms with Gasteiger partial charge in [0.05, 0.1) is 12.1 Å². The molecular weight excluding hydrogens is 341 g/mol. The number of halogens is 3. The first-order valence-corrected chi connectivity index (χ1v) is 9.01. The highest BCUT2D eigenvalue weighted by atomic mass is 19.4. The van der Waals surface area contributed by atoms with Crippen molar-refractivity contribution in [2.75, 3.05) is 31.5 Å². The Balaban J connectivity index is 2.02. The quantitative estimate of drug-likeness (QED) is 0.586. The molecule has 1 aromatic rings. The number of rotatable bonds is 6. The van der Waals surface area contributed by atoms with Crippen LogP contribution in [0, 0.1) is 0 Å². The number of aliphatic imine (C=N–C) groups is 1. The SMILES string of the molecule is C/C=C\N=C(CNc1ccc(C(F)(F)F)cc1)N1CCNC(CCC)C1. The zero-order valence-electron chi connectivity index (χ0n) is 15.3. The summed E-state index contributed by atoms with van der Waals surface area (Å²) >= 11 is 0. The zero-order valence-corrected chi connectivity index (χ0v) is 15.3. The van der Waals surface area contributed by atoms with Crippen LogP contribution in [0.1, 0.15) is 32.3 Å². The summed E-state index contributed by atoms with van der Waals surface area (Å²) in [6.07, 6.45) is 1.53. The van der Waals surface area contributed by atoms with E-state index in [1.54, 1.807) is 6.20 Å². The summed E-state index contributed by atoms with van der Waals surface area (Å²) in [5.41, 5.74) is 0.00166. The van der Waals surface area contributed by atoms with Gasteiger partial charge >= 0.3 is 6.18 Å². The van der Waals surface area contributed by atoms with Crippen LogP contribution < -0.4 is 10.6 Å². The number of amidine groups is 1. The molecule has 1 aliphatic rings. The second-order valence-electron chi connectivity index (χ2n) is 6.34. The molecule has 2 N–H and O–H groups in total. The van der Waals surface area contributed by atoms with Crippen LogP contribution in [0.2, 0.25) is 0 Å². The molecule has 0 spiro atoms. The monoisotopic (exact) mass is 368 g/mol. The number of alkyl halides is 3. The third-order valence-electron chi connectivity index (χ3n) is 4.29. The van der Waals surface area contributed by atoms with Gasteiger partial charge in [-0.3, -0.25) is 0 Å². The van der Waals surface area contributed by atoms with Crippen LogP contribution in [0.3, 0.4) is 0 Å². The second kappa shape index (κ2) is 9.62. The number of anilines is 1. The zero-order chi connectivity index (χ0) is 19.0. The van der Waals surface area contributed by atoms with E-state index in [-0.39, 0.29) is 0 Å². The van der Waals surface area contributed by atoms with Gasteiger partial charge in [0.1, 0.15) is 5.84 Å². The highest BCUT2D eigenvalue weighted by Crippen LogP contribution is 2.29. The van der Waals surface area contributed by atoms with E-state index in [1.165, 1.54) is 12.1 Å². The summed E-state index contributed by atoms with van der Waals surface area (Å²) in [7, 11) is 0. The van der Waals surface area contributed by atoms with E-state index < -0.39 is 11.7 Å².